The van der Waals surface area contributed by atoms with Crippen LogP contribution >= 0.6 is 35.6 Å². The highest BCUT2D eigenvalue weighted by molar-refractivity contribution is 8.23. The van der Waals surface area contributed by atoms with E-state index in [0.29, 0.717) is 10.6 Å². The van der Waals surface area contributed by atoms with Gasteiger partial charge in [-0.2, -0.15) is 0 Å². The molecule has 0 fully saturated rings. The number of halogens is 1. The molecule has 1 N–H and O–H groups in total. The van der Waals surface area contributed by atoms with Gasteiger partial charge in [0.2, 0.25) is 4.38 Å². The molecule has 0 aromatic heterocycles. The van der Waals surface area contributed by atoms with Crippen molar-refractivity contribution in [2.24, 2.45) is 0 Å². The molecule has 0 heterocycles. The van der Waals surface area contributed by atoms with E-state index in [-0.39, 0.29) is 4.38 Å². The van der Waals surface area contributed by atoms with Crippen LogP contribution < -0.4 is 0 Å². The lowest BCUT2D eigenvalue weighted by atomic mass is 10.0. The Morgan fingerprint density at radius 2 is 1.91 bits per heavy atom. The largest absolute Gasteiger partial charge is 0.482 e. The lowest BCUT2D eigenvalue weighted by Gasteiger charge is -2.15. The maximum absolute atomic E-state index is 11.5. The van der Waals surface area contributed by atoms with Crippen molar-refractivity contribution in [2.45, 2.75) is 5.25 Å². The predicted octanol–water partition coefficient (Wildman–Crippen LogP) is 4.80. The lowest BCUT2D eigenvalue weighted by molar-refractivity contribution is -0.136. The van der Waals surface area contributed by atoms with Gasteiger partial charge in [-0.25, -0.2) is 0 Å². The molecule has 2 aromatic rings. The van der Waals surface area contributed by atoms with Gasteiger partial charge in [-0.15, -0.1) is 0 Å². The van der Waals surface area contributed by atoms with Gasteiger partial charge in [0.1, 0.15) is 5.25 Å². The van der Waals surface area contributed by atoms with Gasteiger partial charge in [0.05, 0.1) is 7.11 Å². The molecule has 2 rings (SSSR count). The van der Waals surface area contributed by atoms with Crippen molar-refractivity contribution in [2.75, 3.05) is 7.11 Å². The number of ether oxygens (including phenoxy) is 1. The third kappa shape index (κ3) is 4.00. The zero-order valence-corrected chi connectivity index (χ0v) is 14.0. The number of hydrogen-bond donors (Lipinski definition) is 1. The van der Waals surface area contributed by atoms with Crippen LogP contribution in [0.3, 0.4) is 0 Å². The number of carboxylic acid groups (broad SMARTS) is 1. The minimum Gasteiger partial charge on any atom is -0.482 e. The number of thiocarbonyl (C=S) groups is 1. The summed E-state index contributed by atoms with van der Waals surface area (Å²) in [7, 11) is 1.41. The molecule has 6 heteroatoms. The second-order valence-corrected chi connectivity index (χ2v) is 6.51. The summed E-state index contributed by atoms with van der Waals surface area (Å²) in [6, 6.07) is 15.1. The van der Waals surface area contributed by atoms with E-state index in [2.05, 4.69) is 0 Å². The fourth-order valence-electron chi connectivity index (χ4n) is 1.94. The monoisotopic (exact) mass is 352 g/mol. The third-order valence-corrected chi connectivity index (χ3v) is 4.83. The molecule has 0 aliphatic rings. The summed E-state index contributed by atoms with van der Waals surface area (Å²) in [4.78, 5) is 11.5. The summed E-state index contributed by atoms with van der Waals surface area (Å²) >= 11 is 12.2. The van der Waals surface area contributed by atoms with E-state index in [1.54, 1.807) is 12.1 Å². The molecule has 0 aliphatic heterocycles. The van der Waals surface area contributed by atoms with Gasteiger partial charge in [0, 0.05) is 5.02 Å². The summed E-state index contributed by atoms with van der Waals surface area (Å²) in [6.45, 7) is 0. The first-order valence-electron chi connectivity index (χ1n) is 6.35. The van der Waals surface area contributed by atoms with Crippen LogP contribution in [0.2, 0.25) is 5.02 Å². The lowest BCUT2D eigenvalue weighted by Crippen LogP contribution is -2.11. The molecule has 0 spiro atoms. The van der Waals surface area contributed by atoms with E-state index in [0.717, 1.165) is 22.9 Å². The van der Waals surface area contributed by atoms with Crippen molar-refractivity contribution in [3.8, 4) is 11.1 Å². The van der Waals surface area contributed by atoms with Crippen LogP contribution in [0.15, 0.2) is 48.5 Å². The first kappa shape index (κ1) is 16.8. The smallest absolute Gasteiger partial charge is 0.321 e. The zero-order chi connectivity index (χ0) is 16.1. The van der Waals surface area contributed by atoms with Gasteiger partial charge in [0.25, 0.3) is 0 Å². The van der Waals surface area contributed by atoms with Crippen LogP contribution in [0.25, 0.3) is 11.1 Å². The molecule has 22 heavy (non-hydrogen) atoms. The molecule has 0 radical (unpaired) electrons. The van der Waals surface area contributed by atoms with Gasteiger partial charge in [-0.3, -0.25) is 4.79 Å². The van der Waals surface area contributed by atoms with E-state index >= 15 is 0 Å². The van der Waals surface area contributed by atoms with E-state index in [1.165, 1.54) is 7.11 Å². The average molecular weight is 353 g/mol. The van der Waals surface area contributed by atoms with Crippen molar-refractivity contribution in [1.82, 2.24) is 0 Å². The van der Waals surface area contributed by atoms with Gasteiger partial charge < -0.3 is 9.84 Å². The van der Waals surface area contributed by atoms with Gasteiger partial charge in [-0.05, 0) is 35.0 Å². The molecule has 0 saturated carbocycles. The van der Waals surface area contributed by atoms with Crippen LogP contribution in [0, 0.1) is 0 Å². The Bertz CT molecular complexity index is 689. The van der Waals surface area contributed by atoms with Gasteiger partial charge in [0.15, 0.2) is 0 Å². The predicted molar refractivity (Wildman–Crippen MR) is 94.5 cm³/mol. The Morgan fingerprint density at radius 1 is 1.23 bits per heavy atom. The first-order chi connectivity index (χ1) is 10.5. The number of hydrogen-bond acceptors (Lipinski definition) is 4. The highest BCUT2D eigenvalue weighted by Gasteiger charge is 2.25. The Hall–Kier alpha value is -1.56. The number of carbonyl (C=O) groups is 1. The molecule has 0 saturated heterocycles. The SMILES string of the molecule is COC(=S)SC(C(=O)O)c1ccc(-c2ccccc2)cc1Cl. The van der Waals surface area contributed by atoms with E-state index in [4.69, 9.17) is 28.6 Å². The van der Waals surface area contributed by atoms with Crippen LogP contribution in [0.1, 0.15) is 10.8 Å². The van der Waals surface area contributed by atoms with E-state index < -0.39 is 11.2 Å². The number of aliphatic carboxylic acids is 1. The number of thioether (sulfide) groups is 1. The number of methoxy groups -OCH3 is 1. The van der Waals surface area contributed by atoms with E-state index in [9.17, 15) is 9.90 Å². The molecule has 2 aromatic carbocycles. The Balaban J connectivity index is 2.35. The average Bonchev–Trinajstić information content (AvgIpc) is 2.53. The number of benzene rings is 2. The maximum atomic E-state index is 11.5. The molecule has 3 nitrogen and oxygen atoms in total. The second kappa shape index (κ2) is 7.63. The minimum atomic E-state index is -1.02. The first-order valence-corrected chi connectivity index (χ1v) is 8.01. The van der Waals surface area contributed by atoms with Crippen LogP contribution in [0.5, 0.6) is 0 Å². The van der Waals surface area contributed by atoms with Crippen LogP contribution in [0.4, 0.5) is 0 Å². The summed E-state index contributed by atoms with van der Waals surface area (Å²) < 4.78 is 5.04. The summed E-state index contributed by atoms with van der Waals surface area (Å²) in [5.74, 6) is -1.02. The molecule has 0 aliphatic carbocycles. The summed E-state index contributed by atoms with van der Waals surface area (Å²) in [5.41, 5.74) is 2.44. The van der Waals surface area contributed by atoms with E-state index in [1.807, 2.05) is 36.4 Å². The standard InChI is InChI=1S/C16H13ClO3S2/c1-20-16(21)22-14(15(18)19)12-8-7-11(9-13(12)17)10-5-3-2-4-6-10/h2-9,14H,1H3,(H,18,19). The van der Waals surface area contributed by atoms with Crippen LogP contribution in [-0.2, 0) is 9.53 Å². The highest BCUT2D eigenvalue weighted by Crippen LogP contribution is 2.37. The molecular formula is C16H13ClO3S2. The highest BCUT2D eigenvalue weighted by atomic mass is 35.5. The molecule has 1 unspecified atom stereocenters. The fraction of sp³-hybridized carbons (Fsp3) is 0.125. The summed E-state index contributed by atoms with van der Waals surface area (Å²) in [5, 5.41) is 8.88. The topological polar surface area (TPSA) is 46.5 Å². The quantitative estimate of drug-likeness (QED) is 0.801. The molecule has 0 amide bonds. The maximum Gasteiger partial charge on any atom is 0.321 e. The fourth-order valence-corrected chi connectivity index (χ4v) is 3.31. The van der Waals surface area contributed by atoms with Crippen molar-refractivity contribution in [3.05, 3.63) is 59.1 Å². The van der Waals surface area contributed by atoms with Gasteiger partial charge in [-0.1, -0.05) is 65.8 Å². The van der Waals surface area contributed by atoms with Crippen molar-refractivity contribution < 1.29 is 14.6 Å². The number of rotatable bonds is 4. The second-order valence-electron chi connectivity index (χ2n) is 4.39. The molecule has 114 valence electrons. The molecule has 1 atom stereocenters. The van der Waals surface area contributed by atoms with Crippen molar-refractivity contribution in [1.29, 1.82) is 0 Å². The van der Waals surface area contributed by atoms with Crippen LogP contribution in [-0.4, -0.2) is 22.6 Å². The molecule has 0 bridgehead atoms. The minimum absolute atomic E-state index is 0.163. The van der Waals surface area contributed by atoms with Crippen molar-refractivity contribution in [3.63, 3.8) is 0 Å². The number of carboxylic acids is 1. The Labute approximate surface area is 143 Å². The third-order valence-electron chi connectivity index (χ3n) is 3.00. The zero-order valence-electron chi connectivity index (χ0n) is 11.7. The molecular weight excluding hydrogens is 340 g/mol. The summed E-state index contributed by atoms with van der Waals surface area (Å²) in [6.07, 6.45) is 0. The normalized spacial score (nSPS) is 11.7. The van der Waals surface area contributed by atoms with Crippen molar-refractivity contribution >= 4 is 45.9 Å². The Morgan fingerprint density at radius 3 is 2.45 bits per heavy atom. The Kier molecular flexibility index (Phi) is 5.83. The van der Waals surface area contributed by atoms with Gasteiger partial charge >= 0.3 is 5.97 Å².